The highest BCUT2D eigenvalue weighted by atomic mass is 19.1. The Hall–Kier alpha value is -3.55. The monoisotopic (exact) mass is 522 g/mol. The van der Waals surface area contributed by atoms with E-state index in [1.807, 2.05) is 45.2 Å². The molecule has 8 heteroatoms. The van der Waals surface area contributed by atoms with Crippen molar-refractivity contribution in [3.8, 4) is 0 Å². The van der Waals surface area contributed by atoms with Crippen LogP contribution in [0, 0.1) is 5.82 Å². The Kier molecular flexibility index (Phi) is 10.6. The standard InChI is InChI=1S/C15H16FN3O.C15H23NO2/c1-2-5-13(20)15-17-14-9-8-12(19(14)18-15)10-6-3-4-7-11(10)16;1-5-8-13(18-4)11-12-9-7-10-15(17)16(3)14(12)6-2/h3-4,6-7,12H,2,5,8-9H2,1H3;6,8,11H,5,7,9-10H2,1-4H3/b;12-11-,13-8-,14-6+. The fourth-order valence-electron chi connectivity index (χ4n) is 4.83. The summed E-state index contributed by atoms with van der Waals surface area (Å²) in [4.78, 5) is 29.7. The predicted molar refractivity (Wildman–Crippen MR) is 146 cm³/mol. The molecule has 0 spiro atoms. The molecule has 1 atom stereocenters. The number of nitrogens with zero attached hydrogens (tertiary/aromatic N) is 4. The third-order valence-corrected chi connectivity index (χ3v) is 6.76. The van der Waals surface area contributed by atoms with Crippen LogP contribution in [0.25, 0.3) is 0 Å². The average Bonchev–Trinajstić information content (AvgIpc) is 3.47. The molecular formula is C30H39FN4O3. The SMILES string of the molecule is CCCC(=O)c1nc2n(n1)C(c1ccccc1F)CC2.C\C=C1/C(=C\C(=C\CC)OC)CCCC(=O)N1C. The smallest absolute Gasteiger partial charge is 0.226 e. The second-order valence-electron chi connectivity index (χ2n) is 9.41. The number of carbonyl (C=O) groups excluding carboxylic acids is 2. The van der Waals surface area contributed by atoms with Crippen molar-refractivity contribution in [1.82, 2.24) is 19.7 Å². The van der Waals surface area contributed by atoms with Crippen molar-refractivity contribution in [2.24, 2.45) is 0 Å². The minimum absolute atomic E-state index is 0.0401. The van der Waals surface area contributed by atoms with Gasteiger partial charge in [-0.15, -0.1) is 5.10 Å². The van der Waals surface area contributed by atoms with Crippen LogP contribution < -0.4 is 0 Å². The Labute approximate surface area is 225 Å². The van der Waals surface area contributed by atoms with Crippen LogP contribution in [0.2, 0.25) is 0 Å². The summed E-state index contributed by atoms with van der Waals surface area (Å²) in [6.07, 6.45) is 12.2. The Morgan fingerprint density at radius 3 is 2.63 bits per heavy atom. The number of aryl methyl sites for hydroxylation is 1. The van der Waals surface area contributed by atoms with E-state index in [1.54, 1.807) is 28.8 Å². The summed E-state index contributed by atoms with van der Waals surface area (Å²) in [6, 6.07) is 6.56. The molecule has 204 valence electrons. The number of allylic oxidation sites excluding steroid dienone is 4. The summed E-state index contributed by atoms with van der Waals surface area (Å²) in [5.41, 5.74) is 2.79. The zero-order valence-electron chi connectivity index (χ0n) is 23.2. The lowest BCUT2D eigenvalue weighted by Gasteiger charge is -2.19. The van der Waals surface area contributed by atoms with Gasteiger partial charge in [-0.2, -0.15) is 0 Å². The number of methoxy groups -OCH3 is 1. The van der Waals surface area contributed by atoms with Crippen LogP contribution in [0.1, 0.15) is 93.8 Å². The summed E-state index contributed by atoms with van der Waals surface area (Å²) in [6.45, 7) is 5.99. The molecule has 1 saturated heterocycles. The van der Waals surface area contributed by atoms with Crippen molar-refractivity contribution in [1.29, 1.82) is 0 Å². The van der Waals surface area contributed by atoms with E-state index in [0.29, 0.717) is 18.4 Å². The molecule has 0 N–H and O–H groups in total. The van der Waals surface area contributed by atoms with E-state index in [0.717, 1.165) is 55.8 Å². The predicted octanol–water partition coefficient (Wildman–Crippen LogP) is 6.33. The molecule has 0 saturated carbocycles. The maximum absolute atomic E-state index is 13.9. The highest BCUT2D eigenvalue weighted by molar-refractivity contribution is 5.92. The fourth-order valence-corrected chi connectivity index (χ4v) is 4.83. The maximum atomic E-state index is 13.9. The first kappa shape index (κ1) is 29.0. The second-order valence-corrected chi connectivity index (χ2v) is 9.41. The van der Waals surface area contributed by atoms with Gasteiger partial charge in [0.2, 0.25) is 17.5 Å². The minimum Gasteiger partial charge on any atom is -0.497 e. The lowest BCUT2D eigenvalue weighted by atomic mass is 10.0. The number of fused-ring (bicyclic) bond motifs is 1. The maximum Gasteiger partial charge on any atom is 0.226 e. The summed E-state index contributed by atoms with van der Waals surface area (Å²) in [5, 5.41) is 4.30. The first-order valence-corrected chi connectivity index (χ1v) is 13.4. The van der Waals surface area contributed by atoms with Gasteiger partial charge in [0.15, 0.2) is 0 Å². The fraction of sp³-hybridized carbons (Fsp3) is 0.467. The van der Waals surface area contributed by atoms with Crippen LogP contribution in [0.5, 0.6) is 0 Å². The molecule has 3 heterocycles. The molecule has 2 aromatic rings. The molecule has 0 bridgehead atoms. The van der Waals surface area contributed by atoms with Gasteiger partial charge < -0.3 is 9.64 Å². The Morgan fingerprint density at radius 2 is 1.97 bits per heavy atom. The van der Waals surface area contributed by atoms with Gasteiger partial charge in [0.05, 0.1) is 13.2 Å². The number of Topliss-reactive ketones (excluding diaryl/α,β-unsaturated/α-hetero) is 1. The van der Waals surface area contributed by atoms with Gasteiger partial charge in [0.25, 0.3) is 0 Å². The number of ketones is 1. The molecule has 1 amide bonds. The summed E-state index contributed by atoms with van der Waals surface area (Å²) in [5.74, 6) is 1.82. The number of carbonyl (C=O) groups is 2. The zero-order chi connectivity index (χ0) is 27.7. The third-order valence-electron chi connectivity index (χ3n) is 6.76. The molecule has 2 aliphatic heterocycles. The van der Waals surface area contributed by atoms with Crippen LogP contribution in [-0.4, -0.2) is 45.5 Å². The number of benzene rings is 1. The van der Waals surface area contributed by atoms with Crippen LogP contribution >= 0.6 is 0 Å². The Morgan fingerprint density at radius 1 is 1.21 bits per heavy atom. The molecule has 1 unspecified atom stereocenters. The lowest BCUT2D eigenvalue weighted by Crippen LogP contribution is -2.24. The van der Waals surface area contributed by atoms with E-state index < -0.39 is 0 Å². The van der Waals surface area contributed by atoms with Gasteiger partial charge in [-0.05, 0) is 62.8 Å². The summed E-state index contributed by atoms with van der Waals surface area (Å²) >= 11 is 0. The van der Waals surface area contributed by atoms with Crippen molar-refractivity contribution in [3.05, 3.63) is 82.6 Å². The third kappa shape index (κ3) is 6.85. The van der Waals surface area contributed by atoms with E-state index >= 15 is 0 Å². The number of likely N-dealkylation sites (N-methyl/N-ethyl adjacent to an activating group) is 1. The first-order valence-electron chi connectivity index (χ1n) is 13.4. The molecule has 38 heavy (non-hydrogen) atoms. The van der Waals surface area contributed by atoms with Gasteiger partial charge in [0.1, 0.15) is 17.4 Å². The molecule has 2 aliphatic rings. The molecule has 1 aromatic carbocycles. The number of hydrogen-bond donors (Lipinski definition) is 0. The molecule has 0 aliphatic carbocycles. The summed E-state index contributed by atoms with van der Waals surface area (Å²) < 4.78 is 20.9. The molecule has 1 aromatic heterocycles. The van der Waals surface area contributed by atoms with Crippen LogP contribution in [-0.2, 0) is 16.0 Å². The quantitative estimate of drug-likeness (QED) is 0.313. The summed E-state index contributed by atoms with van der Waals surface area (Å²) in [7, 11) is 3.52. The van der Waals surface area contributed by atoms with Gasteiger partial charge in [-0.1, -0.05) is 38.1 Å². The molecule has 1 fully saturated rings. The van der Waals surface area contributed by atoms with Crippen molar-refractivity contribution >= 4 is 11.7 Å². The van der Waals surface area contributed by atoms with Gasteiger partial charge >= 0.3 is 0 Å². The average molecular weight is 523 g/mol. The van der Waals surface area contributed by atoms with Crippen molar-refractivity contribution in [3.63, 3.8) is 0 Å². The number of halogens is 1. The van der Waals surface area contributed by atoms with E-state index in [4.69, 9.17) is 4.74 Å². The van der Waals surface area contributed by atoms with E-state index in [-0.39, 0.29) is 29.4 Å². The molecule has 0 radical (unpaired) electrons. The zero-order valence-corrected chi connectivity index (χ0v) is 23.2. The minimum atomic E-state index is -0.234. The van der Waals surface area contributed by atoms with Crippen LogP contribution in [0.3, 0.4) is 0 Å². The van der Waals surface area contributed by atoms with Gasteiger partial charge in [0, 0.05) is 37.6 Å². The highest BCUT2D eigenvalue weighted by Gasteiger charge is 2.30. The number of hydrogen-bond acceptors (Lipinski definition) is 5. The van der Waals surface area contributed by atoms with Gasteiger partial charge in [-0.3, -0.25) is 9.59 Å². The van der Waals surface area contributed by atoms with Crippen molar-refractivity contribution in [2.75, 3.05) is 14.2 Å². The largest absolute Gasteiger partial charge is 0.497 e. The molecular weight excluding hydrogens is 483 g/mol. The van der Waals surface area contributed by atoms with E-state index in [9.17, 15) is 14.0 Å². The lowest BCUT2D eigenvalue weighted by molar-refractivity contribution is -0.127. The second kappa shape index (κ2) is 13.8. The number of amides is 1. The highest BCUT2D eigenvalue weighted by Crippen LogP contribution is 2.32. The number of aromatic nitrogens is 3. The van der Waals surface area contributed by atoms with E-state index in [1.165, 1.54) is 11.6 Å². The topological polar surface area (TPSA) is 77.3 Å². The van der Waals surface area contributed by atoms with Crippen LogP contribution in [0.4, 0.5) is 4.39 Å². The van der Waals surface area contributed by atoms with Crippen molar-refractivity contribution < 1.29 is 18.7 Å². The number of likely N-dealkylation sites (tertiary alicyclic amines) is 1. The van der Waals surface area contributed by atoms with E-state index in [2.05, 4.69) is 17.0 Å². The van der Waals surface area contributed by atoms with Crippen molar-refractivity contribution in [2.45, 2.75) is 78.2 Å². The number of ether oxygens (including phenoxy) is 1. The van der Waals surface area contributed by atoms with Crippen LogP contribution in [0.15, 0.2) is 59.5 Å². The normalized spacial score (nSPS) is 19.7. The first-order chi connectivity index (χ1) is 18.3. The molecule has 7 nitrogen and oxygen atoms in total. The Bertz CT molecular complexity index is 1230. The number of rotatable bonds is 7. The van der Waals surface area contributed by atoms with Gasteiger partial charge in [-0.25, -0.2) is 14.1 Å². The Balaban J connectivity index is 0.000000212. The molecule has 4 rings (SSSR count).